The predicted molar refractivity (Wildman–Crippen MR) is 117 cm³/mol. The SMILES string of the molecule is CCCCCCCCC(C1CCC2CC=CC=C21)C(OCC)(OCC)OCC. The fourth-order valence-corrected chi connectivity index (χ4v) is 5.20. The van der Waals surface area contributed by atoms with E-state index in [2.05, 4.69) is 45.9 Å². The molecule has 0 aromatic heterocycles. The summed E-state index contributed by atoms with van der Waals surface area (Å²) in [6, 6.07) is 0. The highest BCUT2D eigenvalue weighted by molar-refractivity contribution is 5.27. The highest BCUT2D eigenvalue weighted by Crippen LogP contribution is 2.49. The van der Waals surface area contributed by atoms with Crippen molar-refractivity contribution in [3.63, 3.8) is 0 Å². The van der Waals surface area contributed by atoms with E-state index in [0.717, 1.165) is 6.42 Å². The first-order valence-corrected chi connectivity index (χ1v) is 12.0. The molecule has 3 atom stereocenters. The summed E-state index contributed by atoms with van der Waals surface area (Å²) in [4.78, 5) is 0. The Balaban J connectivity index is 2.18. The van der Waals surface area contributed by atoms with Crippen molar-refractivity contribution in [1.29, 1.82) is 0 Å². The van der Waals surface area contributed by atoms with Gasteiger partial charge in [0.25, 0.3) is 5.97 Å². The maximum absolute atomic E-state index is 6.27. The van der Waals surface area contributed by atoms with Crippen LogP contribution in [0.15, 0.2) is 23.8 Å². The quantitative estimate of drug-likeness (QED) is 0.221. The molecule has 0 N–H and O–H groups in total. The normalized spacial score (nSPS) is 22.9. The van der Waals surface area contributed by atoms with Gasteiger partial charge in [-0.1, -0.05) is 69.2 Å². The molecule has 0 bridgehead atoms. The van der Waals surface area contributed by atoms with Gasteiger partial charge >= 0.3 is 0 Å². The van der Waals surface area contributed by atoms with Crippen LogP contribution < -0.4 is 0 Å². The minimum absolute atomic E-state index is 0.265. The summed E-state index contributed by atoms with van der Waals surface area (Å²) in [5.74, 6) is 0.588. The van der Waals surface area contributed by atoms with Gasteiger partial charge in [0.1, 0.15) is 0 Å². The molecule has 0 amide bonds. The third-order valence-corrected chi connectivity index (χ3v) is 6.42. The maximum atomic E-state index is 6.27. The zero-order chi connectivity index (χ0) is 20.2. The van der Waals surface area contributed by atoms with Gasteiger partial charge in [0.05, 0.1) is 0 Å². The van der Waals surface area contributed by atoms with Crippen molar-refractivity contribution in [3.8, 4) is 0 Å². The fraction of sp³-hybridized carbons (Fsp3) is 0.840. The van der Waals surface area contributed by atoms with Gasteiger partial charge in [-0.05, 0) is 58.3 Å². The summed E-state index contributed by atoms with van der Waals surface area (Å²) in [5, 5.41) is 0. The zero-order valence-electron chi connectivity index (χ0n) is 18.9. The molecule has 3 nitrogen and oxygen atoms in total. The van der Waals surface area contributed by atoms with Crippen LogP contribution in [0.3, 0.4) is 0 Å². The number of rotatable bonds is 15. The van der Waals surface area contributed by atoms with Crippen molar-refractivity contribution in [2.24, 2.45) is 17.8 Å². The number of hydrogen-bond acceptors (Lipinski definition) is 3. The third-order valence-electron chi connectivity index (χ3n) is 6.42. The monoisotopic (exact) mass is 392 g/mol. The van der Waals surface area contributed by atoms with Gasteiger partial charge in [-0.25, -0.2) is 0 Å². The summed E-state index contributed by atoms with van der Waals surface area (Å²) in [5.41, 5.74) is 1.61. The Morgan fingerprint density at radius 3 is 2.18 bits per heavy atom. The molecular weight excluding hydrogens is 348 g/mol. The molecule has 28 heavy (non-hydrogen) atoms. The molecular formula is C25H44O3. The van der Waals surface area contributed by atoms with Crippen molar-refractivity contribution in [3.05, 3.63) is 23.8 Å². The summed E-state index contributed by atoms with van der Waals surface area (Å²) in [6.45, 7) is 10.3. The zero-order valence-corrected chi connectivity index (χ0v) is 18.9. The molecule has 3 unspecified atom stereocenters. The van der Waals surface area contributed by atoms with Crippen LogP contribution >= 0.6 is 0 Å². The molecule has 2 aliphatic carbocycles. The van der Waals surface area contributed by atoms with E-state index in [4.69, 9.17) is 14.2 Å². The highest BCUT2D eigenvalue weighted by atomic mass is 16.9. The molecule has 0 aromatic rings. The van der Waals surface area contributed by atoms with E-state index in [1.54, 1.807) is 5.57 Å². The van der Waals surface area contributed by atoms with E-state index >= 15 is 0 Å². The first-order valence-electron chi connectivity index (χ1n) is 12.0. The van der Waals surface area contributed by atoms with Crippen LogP contribution in [-0.2, 0) is 14.2 Å². The largest absolute Gasteiger partial charge is 0.328 e. The van der Waals surface area contributed by atoms with Crippen LogP contribution in [0.4, 0.5) is 0 Å². The standard InChI is InChI=1S/C25H44O3/c1-5-9-10-11-12-13-18-24(25(26-6-2,27-7-3)28-8-4)23-20-19-21-16-14-15-17-22(21)23/h14-15,17,21,23-24H,5-13,16,18-20H2,1-4H3. The lowest BCUT2D eigenvalue weighted by atomic mass is 9.79. The Morgan fingerprint density at radius 1 is 0.893 bits per heavy atom. The molecule has 1 fully saturated rings. The average Bonchev–Trinajstić information content (AvgIpc) is 3.12. The van der Waals surface area contributed by atoms with Crippen molar-refractivity contribution in [2.75, 3.05) is 19.8 Å². The molecule has 3 heteroatoms. The molecule has 162 valence electrons. The second kappa shape index (κ2) is 12.8. The first kappa shape index (κ1) is 23.6. The van der Waals surface area contributed by atoms with Gasteiger partial charge in [-0.2, -0.15) is 0 Å². The van der Waals surface area contributed by atoms with Crippen LogP contribution in [0.5, 0.6) is 0 Å². The first-order chi connectivity index (χ1) is 13.7. The van der Waals surface area contributed by atoms with Crippen molar-refractivity contribution in [1.82, 2.24) is 0 Å². The van der Waals surface area contributed by atoms with Crippen molar-refractivity contribution in [2.45, 2.75) is 97.9 Å². The second-order valence-electron chi connectivity index (χ2n) is 8.28. The smallest absolute Gasteiger partial charge is 0.286 e. The fourth-order valence-electron chi connectivity index (χ4n) is 5.20. The number of unbranched alkanes of at least 4 members (excludes halogenated alkanes) is 5. The summed E-state index contributed by atoms with van der Waals surface area (Å²) in [6.07, 6.45) is 19.6. The van der Waals surface area contributed by atoms with Gasteiger partial charge in [-0.15, -0.1) is 0 Å². The molecule has 0 aliphatic heterocycles. The minimum Gasteiger partial charge on any atom is -0.328 e. The highest BCUT2D eigenvalue weighted by Gasteiger charge is 2.49. The summed E-state index contributed by atoms with van der Waals surface area (Å²) in [7, 11) is 0. The van der Waals surface area contributed by atoms with Crippen LogP contribution in [0.2, 0.25) is 0 Å². The number of ether oxygens (including phenoxy) is 3. The maximum Gasteiger partial charge on any atom is 0.286 e. The van der Waals surface area contributed by atoms with Crippen molar-refractivity contribution < 1.29 is 14.2 Å². The van der Waals surface area contributed by atoms with Crippen molar-refractivity contribution >= 4 is 0 Å². The molecule has 0 heterocycles. The average molecular weight is 393 g/mol. The Hall–Kier alpha value is -0.640. The van der Waals surface area contributed by atoms with Gasteiger partial charge < -0.3 is 14.2 Å². The molecule has 2 rings (SSSR count). The summed E-state index contributed by atoms with van der Waals surface area (Å²) < 4.78 is 18.8. The Kier molecular flexibility index (Phi) is 10.8. The molecule has 0 aromatic carbocycles. The van der Waals surface area contributed by atoms with E-state index in [-0.39, 0.29) is 5.92 Å². The van der Waals surface area contributed by atoms with E-state index in [9.17, 15) is 0 Å². The Labute approximate surface area is 173 Å². The lowest BCUT2D eigenvalue weighted by molar-refractivity contribution is -0.407. The molecule has 1 saturated carbocycles. The van der Waals surface area contributed by atoms with Crippen LogP contribution in [0, 0.1) is 17.8 Å². The van der Waals surface area contributed by atoms with E-state index in [1.165, 1.54) is 57.8 Å². The Morgan fingerprint density at radius 2 is 1.54 bits per heavy atom. The minimum atomic E-state index is -0.900. The Bertz CT molecular complexity index is 465. The van der Waals surface area contributed by atoms with Gasteiger partial charge in [-0.3, -0.25) is 0 Å². The molecule has 0 radical (unpaired) electrons. The lowest BCUT2D eigenvalue weighted by Crippen LogP contribution is -2.49. The lowest BCUT2D eigenvalue weighted by Gasteiger charge is -2.42. The third kappa shape index (κ3) is 6.18. The van der Waals surface area contributed by atoms with E-state index in [0.29, 0.717) is 31.7 Å². The van der Waals surface area contributed by atoms with Gasteiger partial charge in [0, 0.05) is 25.7 Å². The molecule has 0 spiro atoms. The van der Waals surface area contributed by atoms with Gasteiger partial charge in [0.15, 0.2) is 0 Å². The number of allylic oxidation sites excluding steroid dienone is 4. The van der Waals surface area contributed by atoms with Crippen LogP contribution in [-0.4, -0.2) is 25.8 Å². The summed E-state index contributed by atoms with van der Waals surface area (Å²) >= 11 is 0. The van der Waals surface area contributed by atoms with Crippen LogP contribution in [0.25, 0.3) is 0 Å². The van der Waals surface area contributed by atoms with Gasteiger partial charge in [0.2, 0.25) is 0 Å². The van der Waals surface area contributed by atoms with Crippen LogP contribution in [0.1, 0.15) is 91.9 Å². The molecule has 2 aliphatic rings. The topological polar surface area (TPSA) is 27.7 Å². The number of hydrogen-bond donors (Lipinski definition) is 0. The van der Waals surface area contributed by atoms with E-state index < -0.39 is 5.97 Å². The van der Waals surface area contributed by atoms with E-state index in [1.807, 2.05) is 0 Å². The predicted octanol–water partition coefficient (Wildman–Crippen LogP) is 7.03. The number of fused-ring (bicyclic) bond motifs is 1. The second-order valence-corrected chi connectivity index (χ2v) is 8.28. The molecule has 0 saturated heterocycles.